The van der Waals surface area contributed by atoms with Crippen molar-refractivity contribution in [3.05, 3.63) is 58.5 Å². The molecule has 0 fully saturated rings. The van der Waals surface area contributed by atoms with Crippen molar-refractivity contribution >= 4 is 11.0 Å². The molecule has 2 heterocycles. The molecular weight excluding hydrogens is 228 g/mol. The standard InChI is InChI=1S/C14H8N2O2/c15-7-10-8-16-14(17)11-6-12(18-13(10)11)9-4-2-1-3-5-9/h1-6,8H,(H,16,17). The molecule has 86 valence electrons. The molecule has 0 saturated carbocycles. The van der Waals surface area contributed by atoms with Crippen LogP contribution in [0, 0.1) is 11.3 Å². The van der Waals surface area contributed by atoms with Crippen LogP contribution in [0.4, 0.5) is 0 Å². The summed E-state index contributed by atoms with van der Waals surface area (Å²) >= 11 is 0. The molecule has 2 aromatic heterocycles. The maximum atomic E-state index is 11.7. The molecule has 0 aliphatic heterocycles. The van der Waals surface area contributed by atoms with Gasteiger partial charge in [0.1, 0.15) is 17.4 Å². The highest BCUT2D eigenvalue weighted by molar-refractivity contribution is 5.85. The highest BCUT2D eigenvalue weighted by atomic mass is 16.3. The number of hydrogen-bond acceptors (Lipinski definition) is 3. The number of aromatic nitrogens is 1. The maximum absolute atomic E-state index is 11.7. The molecule has 3 rings (SSSR count). The molecule has 0 unspecified atom stereocenters. The van der Waals surface area contributed by atoms with Gasteiger partial charge in [-0.1, -0.05) is 30.3 Å². The second-order valence-electron chi connectivity index (χ2n) is 3.86. The van der Waals surface area contributed by atoms with Crippen molar-refractivity contribution < 1.29 is 4.42 Å². The van der Waals surface area contributed by atoms with E-state index in [2.05, 4.69) is 4.98 Å². The van der Waals surface area contributed by atoms with Crippen LogP contribution >= 0.6 is 0 Å². The Kier molecular flexibility index (Phi) is 2.24. The Morgan fingerprint density at radius 3 is 2.72 bits per heavy atom. The fourth-order valence-electron chi connectivity index (χ4n) is 1.87. The van der Waals surface area contributed by atoms with E-state index in [1.165, 1.54) is 6.20 Å². The Morgan fingerprint density at radius 2 is 2.00 bits per heavy atom. The molecule has 0 amide bonds. The summed E-state index contributed by atoms with van der Waals surface area (Å²) in [5.41, 5.74) is 1.28. The van der Waals surface area contributed by atoms with Crippen LogP contribution in [-0.2, 0) is 0 Å². The monoisotopic (exact) mass is 236 g/mol. The highest BCUT2D eigenvalue weighted by Gasteiger charge is 2.12. The van der Waals surface area contributed by atoms with Gasteiger partial charge in [0.05, 0.1) is 5.39 Å². The Bertz CT molecular complexity index is 807. The zero-order valence-corrected chi connectivity index (χ0v) is 9.31. The van der Waals surface area contributed by atoms with Gasteiger partial charge < -0.3 is 9.40 Å². The lowest BCUT2D eigenvalue weighted by atomic mass is 10.1. The van der Waals surface area contributed by atoms with Crippen LogP contribution in [0.3, 0.4) is 0 Å². The number of nitrogens with zero attached hydrogens (tertiary/aromatic N) is 1. The molecule has 0 radical (unpaired) electrons. The van der Waals surface area contributed by atoms with Crippen LogP contribution < -0.4 is 5.56 Å². The van der Waals surface area contributed by atoms with Gasteiger partial charge in [0.2, 0.25) is 0 Å². The molecule has 0 spiro atoms. The second kappa shape index (κ2) is 3.90. The van der Waals surface area contributed by atoms with Gasteiger partial charge in [0.25, 0.3) is 5.56 Å². The third-order valence-corrected chi connectivity index (χ3v) is 2.75. The number of nitrogens with one attached hydrogen (secondary N) is 1. The smallest absolute Gasteiger partial charge is 0.259 e. The van der Waals surface area contributed by atoms with E-state index in [9.17, 15) is 4.79 Å². The fourth-order valence-corrected chi connectivity index (χ4v) is 1.87. The topological polar surface area (TPSA) is 69.8 Å². The second-order valence-corrected chi connectivity index (χ2v) is 3.86. The van der Waals surface area contributed by atoms with Crippen molar-refractivity contribution in [2.75, 3.05) is 0 Å². The number of benzene rings is 1. The summed E-state index contributed by atoms with van der Waals surface area (Å²) < 4.78 is 5.61. The van der Waals surface area contributed by atoms with Gasteiger partial charge in [-0.05, 0) is 6.07 Å². The summed E-state index contributed by atoms with van der Waals surface area (Å²) in [4.78, 5) is 14.2. The van der Waals surface area contributed by atoms with E-state index < -0.39 is 0 Å². The number of fused-ring (bicyclic) bond motifs is 1. The summed E-state index contributed by atoms with van der Waals surface area (Å²) in [5.74, 6) is 0.582. The quantitative estimate of drug-likeness (QED) is 0.706. The van der Waals surface area contributed by atoms with E-state index in [0.717, 1.165) is 5.56 Å². The molecule has 0 aliphatic carbocycles. The first kappa shape index (κ1) is 10.4. The van der Waals surface area contributed by atoms with E-state index >= 15 is 0 Å². The fraction of sp³-hybridized carbons (Fsp3) is 0. The van der Waals surface area contributed by atoms with Crippen LogP contribution in [0.5, 0.6) is 0 Å². The molecule has 1 aromatic carbocycles. The van der Waals surface area contributed by atoms with Gasteiger partial charge in [0.15, 0.2) is 5.58 Å². The number of pyridine rings is 1. The van der Waals surface area contributed by atoms with Crippen molar-refractivity contribution in [2.24, 2.45) is 0 Å². The highest BCUT2D eigenvalue weighted by Crippen LogP contribution is 2.27. The molecule has 0 saturated heterocycles. The molecule has 0 bridgehead atoms. The molecule has 1 N–H and O–H groups in total. The van der Waals surface area contributed by atoms with Gasteiger partial charge >= 0.3 is 0 Å². The van der Waals surface area contributed by atoms with Gasteiger partial charge in [-0.25, -0.2) is 0 Å². The van der Waals surface area contributed by atoms with Crippen molar-refractivity contribution in [3.8, 4) is 17.4 Å². The van der Waals surface area contributed by atoms with Crippen LogP contribution in [0.15, 0.2) is 51.8 Å². The van der Waals surface area contributed by atoms with Crippen LogP contribution in [0.1, 0.15) is 5.56 Å². The summed E-state index contributed by atoms with van der Waals surface area (Å²) in [7, 11) is 0. The molecule has 0 aliphatic rings. The zero-order chi connectivity index (χ0) is 12.5. The maximum Gasteiger partial charge on any atom is 0.259 e. The minimum Gasteiger partial charge on any atom is -0.454 e. The Balaban J connectivity index is 2.33. The van der Waals surface area contributed by atoms with Crippen LogP contribution in [0.2, 0.25) is 0 Å². The summed E-state index contributed by atoms with van der Waals surface area (Å²) in [5, 5.41) is 9.37. The average molecular weight is 236 g/mol. The first-order valence-electron chi connectivity index (χ1n) is 5.40. The van der Waals surface area contributed by atoms with Gasteiger partial charge in [0, 0.05) is 11.8 Å². The minimum absolute atomic E-state index is 0.255. The molecule has 18 heavy (non-hydrogen) atoms. The summed E-state index contributed by atoms with van der Waals surface area (Å²) in [6, 6.07) is 13.1. The lowest BCUT2D eigenvalue weighted by Gasteiger charge is -1.94. The Hall–Kier alpha value is -2.80. The Morgan fingerprint density at radius 1 is 1.22 bits per heavy atom. The van der Waals surface area contributed by atoms with Gasteiger partial charge in [-0.3, -0.25) is 4.79 Å². The number of H-pyrrole nitrogens is 1. The third kappa shape index (κ3) is 1.50. The van der Waals surface area contributed by atoms with Crippen molar-refractivity contribution in [2.45, 2.75) is 0 Å². The van der Waals surface area contributed by atoms with E-state index in [0.29, 0.717) is 22.3 Å². The molecule has 0 atom stereocenters. The minimum atomic E-state index is -0.255. The van der Waals surface area contributed by atoms with E-state index in [-0.39, 0.29) is 5.56 Å². The van der Waals surface area contributed by atoms with E-state index in [4.69, 9.17) is 9.68 Å². The van der Waals surface area contributed by atoms with Gasteiger partial charge in [-0.2, -0.15) is 5.26 Å². The number of furan rings is 1. The zero-order valence-electron chi connectivity index (χ0n) is 9.31. The van der Waals surface area contributed by atoms with Crippen molar-refractivity contribution in [1.82, 2.24) is 4.98 Å². The molecular formula is C14H8N2O2. The van der Waals surface area contributed by atoms with Crippen molar-refractivity contribution in [1.29, 1.82) is 5.26 Å². The first-order chi connectivity index (χ1) is 8.79. The largest absolute Gasteiger partial charge is 0.454 e. The summed E-state index contributed by atoms with van der Waals surface area (Å²) in [6.07, 6.45) is 1.36. The SMILES string of the molecule is N#Cc1c[nH]c(=O)c2cc(-c3ccccc3)oc12. The summed E-state index contributed by atoms with van der Waals surface area (Å²) in [6.45, 7) is 0. The van der Waals surface area contributed by atoms with E-state index in [1.807, 2.05) is 36.4 Å². The van der Waals surface area contributed by atoms with Gasteiger partial charge in [-0.15, -0.1) is 0 Å². The third-order valence-electron chi connectivity index (χ3n) is 2.75. The molecule has 3 aromatic rings. The Labute approximate surface area is 102 Å². The van der Waals surface area contributed by atoms with Crippen molar-refractivity contribution in [3.63, 3.8) is 0 Å². The number of aromatic amines is 1. The first-order valence-corrected chi connectivity index (χ1v) is 5.40. The average Bonchev–Trinajstić information content (AvgIpc) is 2.86. The molecule has 4 heteroatoms. The number of nitriles is 1. The number of hydrogen-bond donors (Lipinski definition) is 1. The lowest BCUT2D eigenvalue weighted by molar-refractivity contribution is 0.630. The van der Waals surface area contributed by atoms with Crippen LogP contribution in [0.25, 0.3) is 22.3 Å². The predicted molar refractivity (Wildman–Crippen MR) is 67.0 cm³/mol. The van der Waals surface area contributed by atoms with E-state index in [1.54, 1.807) is 6.07 Å². The normalized spacial score (nSPS) is 10.4. The lowest BCUT2D eigenvalue weighted by Crippen LogP contribution is -2.04. The molecule has 4 nitrogen and oxygen atoms in total. The number of rotatable bonds is 1. The van der Waals surface area contributed by atoms with Crippen LogP contribution in [-0.4, -0.2) is 4.98 Å². The predicted octanol–water partition coefficient (Wildman–Crippen LogP) is 2.66.